The zero-order chi connectivity index (χ0) is 17.9. The quantitative estimate of drug-likeness (QED) is 0.411. The smallest absolute Gasteiger partial charge is 0.387 e. The van der Waals surface area contributed by atoms with Crippen molar-refractivity contribution < 1.29 is 32.6 Å². The number of rotatable bonds is 8. The van der Waals surface area contributed by atoms with Gasteiger partial charge in [-0.2, -0.15) is 8.78 Å². The Morgan fingerprint density at radius 3 is 2.46 bits per heavy atom. The third kappa shape index (κ3) is 4.21. The minimum absolute atomic E-state index is 0.0636. The summed E-state index contributed by atoms with van der Waals surface area (Å²) in [5.41, 5.74) is -1.23. The van der Waals surface area contributed by atoms with Crippen LogP contribution in [0.5, 0.6) is 11.5 Å². The van der Waals surface area contributed by atoms with Crippen LogP contribution in [0.4, 0.5) is 8.78 Å². The van der Waals surface area contributed by atoms with Crippen LogP contribution in [-0.2, 0) is 9.53 Å². The number of hydrogen-bond acceptors (Lipinski definition) is 5. The number of hydrogen-bond donors (Lipinski definition) is 0. The number of benzene rings is 1. The summed E-state index contributed by atoms with van der Waals surface area (Å²) in [5, 5.41) is 0. The third-order valence-corrected chi connectivity index (χ3v) is 3.86. The molecule has 1 fully saturated rings. The Morgan fingerprint density at radius 2 is 1.92 bits per heavy atom. The first-order valence-electron chi connectivity index (χ1n) is 7.60. The highest BCUT2D eigenvalue weighted by atomic mass is 19.3. The molecular formula is C17H20F2O5. The van der Waals surface area contributed by atoms with Crippen LogP contribution >= 0.6 is 0 Å². The van der Waals surface area contributed by atoms with Crippen molar-refractivity contribution in [2.24, 2.45) is 11.3 Å². The summed E-state index contributed by atoms with van der Waals surface area (Å²) in [7, 11) is 1.20. The van der Waals surface area contributed by atoms with Gasteiger partial charge in [0.25, 0.3) is 0 Å². The van der Waals surface area contributed by atoms with Crippen molar-refractivity contribution in [3.05, 3.63) is 23.8 Å². The van der Waals surface area contributed by atoms with Gasteiger partial charge in [0.05, 0.1) is 13.7 Å². The van der Waals surface area contributed by atoms with E-state index in [4.69, 9.17) is 4.74 Å². The molecule has 0 heterocycles. The highest BCUT2D eigenvalue weighted by molar-refractivity contribution is 6.12. The van der Waals surface area contributed by atoms with E-state index < -0.39 is 23.8 Å². The van der Waals surface area contributed by atoms with Gasteiger partial charge in [-0.25, -0.2) is 0 Å². The van der Waals surface area contributed by atoms with Crippen LogP contribution in [-0.4, -0.2) is 32.1 Å². The van der Waals surface area contributed by atoms with Gasteiger partial charge in [-0.05, 0) is 50.8 Å². The lowest BCUT2D eigenvalue weighted by atomic mass is 9.84. The summed E-state index contributed by atoms with van der Waals surface area (Å²) in [6.45, 7) is 0.254. The van der Waals surface area contributed by atoms with E-state index >= 15 is 0 Å². The van der Waals surface area contributed by atoms with E-state index in [9.17, 15) is 18.4 Å². The van der Waals surface area contributed by atoms with Crippen LogP contribution in [0.15, 0.2) is 18.2 Å². The lowest BCUT2D eigenvalue weighted by Crippen LogP contribution is -2.34. The Hall–Kier alpha value is -2.18. The molecule has 0 saturated heterocycles. The first-order valence-corrected chi connectivity index (χ1v) is 7.60. The van der Waals surface area contributed by atoms with E-state index in [1.165, 1.54) is 39.2 Å². The molecule has 1 saturated carbocycles. The Kier molecular flexibility index (Phi) is 5.41. The number of halogens is 2. The fourth-order valence-corrected chi connectivity index (χ4v) is 2.16. The minimum atomic E-state index is -3.00. The van der Waals surface area contributed by atoms with Crippen molar-refractivity contribution in [3.63, 3.8) is 0 Å². The first kappa shape index (κ1) is 18.2. The van der Waals surface area contributed by atoms with Crippen molar-refractivity contribution in [2.45, 2.75) is 33.3 Å². The highest BCUT2D eigenvalue weighted by Gasteiger charge is 2.38. The molecular weight excluding hydrogens is 322 g/mol. The summed E-state index contributed by atoms with van der Waals surface area (Å²) in [6, 6.07) is 3.90. The van der Waals surface area contributed by atoms with Gasteiger partial charge in [-0.15, -0.1) is 0 Å². The van der Waals surface area contributed by atoms with Crippen LogP contribution in [0.2, 0.25) is 0 Å². The molecule has 1 aliphatic rings. The molecule has 1 aliphatic carbocycles. The molecule has 7 heteroatoms. The maximum atomic E-state index is 12.6. The maximum absolute atomic E-state index is 12.6. The second-order valence-electron chi connectivity index (χ2n) is 6.24. The van der Waals surface area contributed by atoms with Crippen LogP contribution in [0, 0.1) is 11.3 Å². The Bertz CT molecular complexity index is 623. The van der Waals surface area contributed by atoms with Gasteiger partial charge in [0.2, 0.25) is 0 Å². The number of Topliss-reactive ketones (excluding diaryl/α,β-unsaturated/α-hetero) is 1. The molecule has 24 heavy (non-hydrogen) atoms. The molecule has 0 amide bonds. The largest absolute Gasteiger partial charge is 0.489 e. The van der Waals surface area contributed by atoms with E-state index in [-0.39, 0.29) is 17.1 Å². The maximum Gasteiger partial charge on any atom is 0.387 e. The van der Waals surface area contributed by atoms with Crippen molar-refractivity contribution >= 4 is 11.8 Å². The summed E-state index contributed by atoms with van der Waals surface area (Å²) in [4.78, 5) is 24.3. The third-order valence-electron chi connectivity index (χ3n) is 3.86. The summed E-state index contributed by atoms with van der Waals surface area (Å²) >= 11 is 0. The summed E-state index contributed by atoms with van der Waals surface area (Å²) in [6.07, 6.45) is 2.05. The molecule has 1 aromatic carbocycles. The van der Waals surface area contributed by atoms with Gasteiger partial charge in [-0.3, -0.25) is 9.59 Å². The molecule has 0 aromatic heterocycles. The molecule has 132 valence electrons. The average molecular weight is 342 g/mol. The van der Waals surface area contributed by atoms with Gasteiger partial charge < -0.3 is 14.2 Å². The fourth-order valence-electron chi connectivity index (χ4n) is 2.16. The topological polar surface area (TPSA) is 61.8 Å². The molecule has 1 aromatic rings. The van der Waals surface area contributed by atoms with Crippen molar-refractivity contribution in [2.75, 3.05) is 13.7 Å². The van der Waals surface area contributed by atoms with Crippen molar-refractivity contribution in [3.8, 4) is 11.5 Å². The molecule has 2 rings (SSSR count). The van der Waals surface area contributed by atoms with E-state index in [1.807, 2.05) is 0 Å². The van der Waals surface area contributed by atoms with Crippen molar-refractivity contribution in [1.29, 1.82) is 0 Å². The number of esters is 1. The Labute approximate surface area is 138 Å². The Balaban J connectivity index is 2.27. The normalized spacial score (nSPS) is 14.4. The molecule has 0 spiro atoms. The number of alkyl halides is 2. The molecule has 0 unspecified atom stereocenters. The van der Waals surface area contributed by atoms with Gasteiger partial charge in [0.15, 0.2) is 17.3 Å². The van der Waals surface area contributed by atoms with Crippen LogP contribution in [0.3, 0.4) is 0 Å². The standard InChI is InChI=1S/C17H20F2O5/c1-17(2,15(21)22-3)14(20)11-6-7-12(24-16(18)19)13(8-11)23-9-10-4-5-10/h6-8,10,16H,4-5,9H2,1-3H3. The average Bonchev–Trinajstić information content (AvgIpc) is 3.36. The van der Waals surface area contributed by atoms with E-state index in [0.29, 0.717) is 12.5 Å². The molecule has 0 bridgehead atoms. The van der Waals surface area contributed by atoms with Crippen LogP contribution in [0.25, 0.3) is 0 Å². The number of carbonyl (C=O) groups is 2. The zero-order valence-corrected chi connectivity index (χ0v) is 13.8. The van der Waals surface area contributed by atoms with E-state index in [1.54, 1.807) is 0 Å². The van der Waals surface area contributed by atoms with Crippen molar-refractivity contribution in [1.82, 2.24) is 0 Å². The van der Waals surface area contributed by atoms with Gasteiger partial charge >= 0.3 is 12.6 Å². The SMILES string of the molecule is COC(=O)C(C)(C)C(=O)c1ccc(OC(F)F)c(OCC2CC2)c1. The molecule has 0 atom stereocenters. The monoisotopic (exact) mass is 342 g/mol. The molecule has 0 aliphatic heterocycles. The highest BCUT2D eigenvalue weighted by Crippen LogP contribution is 2.35. The van der Waals surface area contributed by atoms with Crippen LogP contribution in [0.1, 0.15) is 37.0 Å². The van der Waals surface area contributed by atoms with E-state index in [2.05, 4.69) is 9.47 Å². The molecule has 5 nitrogen and oxygen atoms in total. The predicted molar refractivity (Wildman–Crippen MR) is 81.4 cm³/mol. The predicted octanol–water partition coefficient (Wildman–Crippen LogP) is 3.46. The summed E-state index contributed by atoms with van der Waals surface area (Å²) in [5.74, 6) is -0.850. The molecule has 0 N–H and O–H groups in total. The van der Waals surface area contributed by atoms with Gasteiger partial charge in [0.1, 0.15) is 5.41 Å². The fraction of sp³-hybridized carbons (Fsp3) is 0.529. The summed E-state index contributed by atoms with van der Waals surface area (Å²) < 4.78 is 39.6. The lowest BCUT2D eigenvalue weighted by Gasteiger charge is -2.21. The number of ether oxygens (including phenoxy) is 3. The zero-order valence-electron chi connectivity index (χ0n) is 13.8. The minimum Gasteiger partial charge on any atom is -0.489 e. The van der Waals surface area contributed by atoms with E-state index in [0.717, 1.165) is 12.8 Å². The molecule has 0 radical (unpaired) electrons. The van der Waals surface area contributed by atoms with Gasteiger partial charge in [0, 0.05) is 5.56 Å². The Morgan fingerprint density at radius 1 is 1.25 bits per heavy atom. The number of ketones is 1. The van der Waals surface area contributed by atoms with Gasteiger partial charge in [-0.1, -0.05) is 0 Å². The number of methoxy groups -OCH3 is 1. The lowest BCUT2D eigenvalue weighted by molar-refractivity contribution is -0.147. The van der Waals surface area contributed by atoms with Crippen LogP contribution < -0.4 is 9.47 Å². The second kappa shape index (κ2) is 7.15. The number of carbonyl (C=O) groups excluding carboxylic acids is 2. The second-order valence-corrected chi connectivity index (χ2v) is 6.24. The first-order chi connectivity index (χ1) is 11.3.